The van der Waals surface area contributed by atoms with Crippen molar-refractivity contribution in [3.8, 4) is 0 Å². The molecule has 132 valence electrons. The summed E-state index contributed by atoms with van der Waals surface area (Å²) in [4.78, 5) is 13.0. The highest BCUT2D eigenvalue weighted by Gasteiger charge is 2.33. The van der Waals surface area contributed by atoms with E-state index in [1.807, 2.05) is 6.07 Å². The smallest absolute Gasteiger partial charge is 0.134 e. The van der Waals surface area contributed by atoms with E-state index in [1.165, 1.54) is 12.1 Å². The van der Waals surface area contributed by atoms with Crippen LogP contribution in [0.3, 0.4) is 0 Å². The van der Waals surface area contributed by atoms with E-state index in [2.05, 4.69) is 19.8 Å². The lowest BCUT2D eigenvalue weighted by Gasteiger charge is -2.30. The first-order chi connectivity index (χ1) is 12.2. The topological polar surface area (TPSA) is 61.7 Å². The number of morpholine rings is 1. The molecule has 25 heavy (non-hydrogen) atoms. The van der Waals surface area contributed by atoms with E-state index in [4.69, 9.17) is 4.74 Å². The second-order valence-corrected chi connectivity index (χ2v) is 6.44. The Labute approximate surface area is 145 Å². The van der Waals surface area contributed by atoms with Crippen LogP contribution in [0.25, 0.3) is 0 Å². The van der Waals surface area contributed by atoms with Crippen molar-refractivity contribution in [3.63, 3.8) is 0 Å². The molecule has 0 saturated carbocycles. The SMILES string of the molecule is O[C@@H]1C[C@H](c2ccc(F)cc2)N(c2cc(N3CCOCC3)ncn2)C1. The number of halogens is 1. The zero-order valence-corrected chi connectivity index (χ0v) is 13.9. The lowest BCUT2D eigenvalue weighted by molar-refractivity contribution is 0.122. The summed E-state index contributed by atoms with van der Waals surface area (Å²) in [5.41, 5.74) is 0.976. The third-order valence-electron chi connectivity index (χ3n) is 4.80. The van der Waals surface area contributed by atoms with E-state index in [-0.39, 0.29) is 11.9 Å². The molecule has 2 atom stereocenters. The van der Waals surface area contributed by atoms with Crippen LogP contribution in [-0.4, -0.2) is 54.0 Å². The van der Waals surface area contributed by atoms with Gasteiger partial charge < -0.3 is 19.6 Å². The molecular formula is C18H21FN4O2. The summed E-state index contributed by atoms with van der Waals surface area (Å²) in [5.74, 6) is 1.39. The summed E-state index contributed by atoms with van der Waals surface area (Å²) in [5, 5.41) is 10.2. The second kappa shape index (κ2) is 6.93. The van der Waals surface area contributed by atoms with Crippen LogP contribution in [0.1, 0.15) is 18.0 Å². The molecule has 1 N–H and O–H groups in total. The number of hydrogen-bond acceptors (Lipinski definition) is 6. The minimum absolute atomic E-state index is 0.0250. The van der Waals surface area contributed by atoms with Gasteiger partial charge in [0.2, 0.25) is 0 Å². The predicted octanol–water partition coefficient (Wildman–Crippen LogP) is 1.76. The zero-order chi connectivity index (χ0) is 17.2. The van der Waals surface area contributed by atoms with Crippen molar-refractivity contribution in [1.29, 1.82) is 0 Å². The lowest BCUT2D eigenvalue weighted by atomic mass is 10.0. The first kappa shape index (κ1) is 16.2. The first-order valence-corrected chi connectivity index (χ1v) is 8.55. The Morgan fingerprint density at radius 3 is 2.56 bits per heavy atom. The molecule has 0 spiro atoms. The van der Waals surface area contributed by atoms with Crippen LogP contribution in [0, 0.1) is 5.82 Å². The van der Waals surface area contributed by atoms with Crippen molar-refractivity contribution >= 4 is 11.6 Å². The van der Waals surface area contributed by atoms with Gasteiger partial charge in [-0.1, -0.05) is 12.1 Å². The molecule has 1 aromatic heterocycles. The van der Waals surface area contributed by atoms with Crippen LogP contribution in [0.15, 0.2) is 36.7 Å². The number of nitrogens with zero attached hydrogens (tertiary/aromatic N) is 4. The van der Waals surface area contributed by atoms with Gasteiger partial charge in [0.25, 0.3) is 0 Å². The molecule has 3 heterocycles. The second-order valence-electron chi connectivity index (χ2n) is 6.44. The van der Waals surface area contributed by atoms with Crippen molar-refractivity contribution in [3.05, 3.63) is 48.0 Å². The highest BCUT2D eigenvalue weighted by atomic mass is 19.1. The van der Waals surface area contributed by atoms with Gasteiger partial charge >= 0.3 is 0 Å². The molecule has 4 rings (SSSR count). The van der Waals surface area contributed by atoms with Crippen LogP contribution in [-0.2, 0) is 4.74 Å². The fraction of sp³-hybridized carbons (Fsp3) is 0.444. The maximum Gasteiger partial charge on any atom is 0.134 e. The maximum absolute atomic E-state index is 13.2. The molecule has 6 nitrogen and oxygen atoms in total. The number of β-amino-alcohol motifs (C(OH)–C–C–N with tert-alkyl or cyclic N) is 1. The normalized spacial score (nSPS) is 23.9. The van der Waals surface area contributed by atoms with E-state index in [1.54, 1.807) is 18.5 Å². The van der Waals surface area contributed by atoms with Crippen LogP contribution < -0.4 is 9.80 Å². The Morgan fingerprint density at radius 1 is 1.08 bits per heavy atom. The number of aliphatic hydroxyl groups excluding tert-OH is 1. The third-order valence-corrected chi connectivity index (χ3v) is 4.80. The molecule has 2 fully saturated rings. The van der Waals surface area contributed by atoms with E-state index >= 15 is 0 Å². The molecule has 2 aliphatic heterocycles. The van der Waals surface area contributed by atoms with Crippen molar-refractivity contribution < 1.29 is 14.2 Å². The predicted molar refractivity (Wildman–Crippen MR) is 92.2 cm³/mol. The average molecular weight is 344 g/mol. The number of aromatic nitrogens is 2. The minimum Gasteiger partial charge on any atom is -0.391 e. The van der Waals surface area contributed by atoms with Gasteiger partial charge in [-0.15, -0.1) is 0 Å². The van der Waals surface area contributed by atoms with Crippen LogP contribution in [0.4, 0.5) is 16.0 Å². The molecule has 0 amide bonds. The molecule has 1 aromatic carbocycles. The summed E-state index contributed by atoms with van der Waals surface area (Å²) in [6.07, 6.45) is 1.73. The van der Waals surface area contributed by atoms with Gasteiger partial charge in [0.15, 0.2) is 0 Å². The number of ether oxygens (including phenoxy) is 1. The maximum atomic E-state index is 13.2. The number of benzene rings is 1. The van der Waals surface area contributed by atoms with Crippen molar-refractivity contribution in [2.24, 2.45) is 0 Å². The Kier molecular flexibility index (Phi) is 4.50. The van der Waals surface area contributed by atoms with Crippen molar-refractivity contribution in [2.75, 3.05) is 42.6 Å². The summed E-state index contributed by atoms with van der Waals surface area (Å²) < 4.78 is 18.6. The first-order valence-electron chi connectivity index (χ1n) is 8.55. The summed E-state index contributed by atoms with van der Waals surface area (Å²) in [7, 11) is 0. The van der Waals surface area contributed by atoms with Gasteiger partial charge in [0.05, 0.1) is 25.4 Å². The molecule has 0 unspecified atom stereocenters. The molecule has 0 bridgehead atoms. The molecule has 0 radical (unpaired) electrons. The highest BCUT2D eigenvalue weighted by Crippen LogP contribution is 2.36. The number of hydrogen-bond donors (Lipinski definition) is 1. The number of anilines is 2. The molecule has 7 heteroatoms. The van der Waals surface area contributed by atoms with E-state index < -0.39 is 6.10 Å². The van der Waals surface area contributed by atoms with Crippen LogP contribution in [0.5, 0.6) is 0 Å². The van der Waals surface area contributed by atoms with E-state index in [9.17, 15) is 9.50 Å². The van der Waals surface area contributed by atoms with Gasteiger partial charge in [0.1, 0.15) is 23.8 Å². The van der Waals surface area contributed by atoms with Crippen LogP contribution in [0.2, 0.25) is 0 Å². The third kappa shape index (κ3) is 3.43. The van der Waals surface area contributed by atoms with Crippen molar-refractivity contribution in [1.82, 2.24) is 9.97 Å². The summed E-state index contributed by atoms with van der Waals surface area (Å²) in [6, 6.07) is 8.39. The van der Waals surface area contributed by atoms with Gasteiger partial charge in [-0.05, 0) is 24.1 Å². The number of rotatable bonds is 3. The quantitative estimate of drug-likeness (QED) is 0.916. The molecule has 2 aliphatic rings. The molecule has 2 aromatic rings. The van der Waals surface area contributed by atoms with E-state index in [0.717, 1.165) is 30.3 Å². The monoisotopic (exact) mass is 344 g/mol. The number of aliphatic hydroxyl groups is 1. The zero-order valence-electron chi connectivity index (χ0n) is 13.9. The Hall–Kier alpha value is -2.25. The van der Waals surface area contributed by atoms with Gasteiger partial charge in [-0.3, -0.25) is 0 Å². The largest absolute Gasteiger partial charge is 0.391 e. The van der Waals surface area contributed by atoms with E-state index in [0.29, 0.717) is 26.2 Å². The molecule has 0 aliphatic carbocycles. The van der Waals surface area contributed by atoms with Gasteiger partial charge in [0, 0.05) is 25.7 Å². The lowest BCUT2D eigenvalue weighted by Crippen LogP contribution is -2.37. The van der Waals surface area contributed by atoms with Gasteiger partial charge in [-0.2, -0.15) is 0 Å². The Bertz CT molecular complexity index is 721. The standard InChI is InChI=1S/C18H21FN4O2/c19-14-3-1-13(2-4-14)16-9-15(24)11-23(16)18-10-17(20-12-21-18)22-5-7-25-8-6-22/h1-4,10,12,15-16,24H,5-9,11H2/t15-,16-/m1/s1. The van der Waals surface area contributed by atoms with Crippen molar-refractivity contribution in [2.45, 2.75) is 18.6 Å². The fourth-order valence-electron chi connectivity index (χ4n) is 3.53. The average Bonchev–Trinajstić information content (AvgIpc) is 3.05. The fourth-order valence-corrected chi connectivity index (χ4v) is 3.53. The Balaban J connectivity index is 1.61. The van der Waals surface area contributed by atoms with Gasteiger partial charge in [-0.25, -0.2) is 14.4 Å². The summed E-state index contributed by atoms with van der Waals surface area (Å²) >= 11 is 0. The molecule has 2 saturated heterocycles. The minimum atomic E-state index is -0.433. The van der Waals surface area contributed by atoms with Crippen LogP contribution >= 0.6 is 0 Å². The summed E-state index contributed by atoms with van der Waals surface area (Å²) in [6.45, 7) is 3.50. The molecular weight excluding hydrogens is 323 g/mol. The highest BCUT2D eigenvalue weighted by molar-refractivity contribution is 5.53. The Morgan fingerprint density at radius 2 is 1.80 bits per heavy atom.